The van der Waals surface area contributed by atoms with E-state index >= 15 is 0 Å². The first-order chi connectivity index (χ1) is 6.65. The number of halogens is 2. The largest absolute Gasteiger partial charge is 0.346 e. The van der Waals surface area contributed by atoms with Gasteiger partial charge in [0.2, 0.25) is 5.91 Å². The van der Waals surface area contributed by atoms with E-state index < -0.39 is 6.04 Å². The Morgan fingerprint density at radius 2 is 2.07 bits per heavy atom. The Morgan fingerprint density at radius 3 is 2.57 bits per heavy atom. The van der Waals surface area contributed by atoms with Crippen LogP contribution >= 0.6 is 22.6 Å². The van der Waals surface area contributed by atoms with Crippen LogP contribution in [0.15, 0.2) is 24.3 Å². The molecule has 0 fully saturated rings. The fourth-order valence-corrected chi connectivity index (χ4v) is 1.37. The lowest BCUT2D eigenvalue weighted by Gasteiger charge is -2.10. The molecule has 1 amide bonds. The van der Waals surface area contributed by atoms with Gasteiger partial charge in [-0.3, -0.25) is 4.79 Å². The first-order valence-corrected chi connectivity index (χ1v) is 5.52. The third-order valence-electron chi connectivity index (χ3n) is 1.75. The molecule has 0 unspecified atom stereocenters. The average molecular weight is 308 g/mol. The Balaban J connectivity index is 2.73. The van der Waals surface area contributed by atoms with Crippen LogP contribution in [-0.2, 0) is 4.79 Å². The quantitative estimate of drug-likeness (QED) is 0.503. The summed E-state index contributed by atoms with van der Waals surface area (Å²) in [4.78, 5) is 11.3. The monoisotopic (exact) mass is 308 g/mol. The number of nitrogens with two attached hydrogens (primary N) is 1. The van der Waals surface area contributed by atoms with Crippen LogP contribution in [0.2, 0.25) is 0 Å². The highest BCUT2D eigenvalue weighted by Crippen LogP contribution is 2.11. The van der Waals surface area contributed by atoms with Crippen molar-refractivity contribution in [3.63, 3.8) is 0 Å². The lowest BCUT2D eigenvalue weighted by Crippen LogP contribution is -2.33. The number of benzene rings is 1. The number of hydrogen-bond acceptors (Lipinski definition) is 2. The summed E-state index contributed by atoms with van der Waals surface area (Å²) in [6.45, 7) is 0. The minimum Gasteiger partial charge on any atom is -0.346 e. The van der Waals surface area contributed by atoms with Gasteiger partial charge in [0.25, 0.3) is 0 Å². The average Bonchev–Trinajstić information content (AvgIpc) is 2.18. The second kappa shape index (κ2) is 5.26. The van der Waals surface area contributed by atoms with Crippen LogP contribution in [0.1, 0.15) is 11.6 Å². The van der Waals surface area contributed by atoms with E-state index in [0.29, 0.717) is 10.1 Å². The van der Waals surface area contributed by atoms with Crippen molar-refractivity contribution < 1.29 is 9.18 Å². The smallest absolute Gasteiger partial charge is 0.242 e. The molecule has 0 aliphatic rings. The van der Waals surface area contributed by atoms with Gasteiger partial charge in [-0.1, -0.05) is 34.7 Å². The van der Waals surface area contributed by atoms with Crippen LogP contribution in [0.3, 0.4) is 0 Å². The van der Waals surface area contributed by atoms with E-state index in [1.807, 2.05) is 22.6 Å². The van der Waals surface area contributed by atoms with Gasteiger partial charge in [0.05, 0.1) is 4.55 Å². The third kappa shape index (κ3) is 2.91. The normalized spacial score (nSPS) is 12.2. The zero-order valence-electron chi connectivity index (χ0n) is 7.34. The van der Waals surface area contributed by atoms with E-state index in [2.05, 4.69) is 5.32 Å². The molecule has 0 radical (unpaired) electrons. The van der Waals surface area contributed by atoms with Crippen molar-refractivity contribution in [1.82, 2.24) is 5.32 Å². The fourth-order valence-electron chi connectivity index (χ4n) is 0.997. The summed E-state index contributed by atoms with van der Waals surface area (Å²) in [7, 11) is 0. The maximum atomic E-state index is 12.6. The Kier molecular flexibility index (Phi) is 4.27. The molecule has 3 N–H and O–H groups in total. The van der Waals surface area contributed by atoms with Crippen molar-refractivity contribution in [3.8, 4) is 0 Å². The van der Waals surface area contributed by atoms with E-state index in [1.54, 1.807) is 0 Å². The topological polar surface area (TPSA) is 55.1 Å². The van der Waals surface area contributed by atoms with Crippen LogP contribution in [0.4, 0.5) is 4.39 Å². The molecule has 1 rings (SSSR count). The van der Waals surface area contributed by atoms with E-state index in [-0.39, 0.29) is 11.7 Å². The van der Waals surface area contributed by atoms with Gasteiger partial charge in [0.15, 0.2) is 0 Å². The van der Waals surface area contributed by atoms with Crippen molar-refractivity contribution in [1.29, 1.82) is 0 Å². The third-order valence-corrected chi connectivity index (χ3v) is 2.13. The molecule has 0 heterocycles. The van der Waals surface area contributed by atoms with E-state index in [4.69, 9.17) is 5.73 Å². The molecule has 0 saturated heterocycles. The standard InChI is InChI=1S/C9H10FIN2O/c10-7-3-1-6(2-4-7)8(12)9(14)13-5-11/h1-4,8H,5,12H2,(H,13,14)/t8-/m1/s1. The van der Waals surface area contributed by atoms with Crippen molar-refractivity contribution in [2.75, 3.05) is 4.55 Å². The molecule has 0 spiro atoms. The molecule has 1 aromatic rings. The Morgan fingerprint density at radius 1 is 1.50 bits per heavy atom. The highest BCUT2D eigenvalue weighted by Gasteiger charge is 2.14. The van der Waals surface area contributed by atoms with Gasteiger partial charge < -0.3 is 11.1 Å². The first kappa shape index (κ1) is 11.4. The molecule has 0 bridgehead atoms. The van der Waals surface area contributed by atoms with Crippen LogP contribution in [0, 0.1) is 5.82 Å². The first-order valence-electron chi connectivity index (χ1n) is 4.00. The number of nitrogens with one attached hydrogen (secondary N) is 1. The van der Waals surface area contributed by atoms with Gasteiger partial charge in [-0.15, -0.1) is 0 Å². The predicted octanol–water partition coefficient (Wildman–Crippen LogP) is 1.33. The highest BCUT2D eigenvalue weighted by molar-refractivity contribution is 14.1. The van der Waals surface area contributed by atoms with Gasteiger partial charge in [-0.05, 0) is 17.7 Å². The summed E-state index contributed by atoms with van der Waals surface area (Å²) >= 11 is 2.01. The molecule has 14 heavy (non-hydrogen) atoms. The Labute approximate surface area is 95.0 Å². The molecule has 1 aromatic carbocycles. The van der Waals surface area contributed by atoms with Crippen LogP contribution < -0.4 is 11.1 Å². The molecule has 0 aliphatic carbocycles. The zero-order chi connectivity index (χ0) is 10.6. The molecule has 1 atom stereocenters. The number of carbonyl (C=O) groups excluding carboxylic acids is 1. The minimum absolute atomic E-state index is 0.258. The molecule has 0 aliphatic heterocycles. The number of carbonyl (C=O) groups is 1. The fraction of sp³-hybridized carbons (Fsp3) is 0.222. The van der Waals surface area contributed by atoms with Crippen molar-refractivity contribution in [2.45, 2.75) is 6.04 Å². The van der Waals surface area contributed by atoms with E-state index in [1.165, 1.54) is 24.3 Å². The van der Waals surface area contributed by atoms with Crippen LogP contribution in [0.25, 0.3) is 0 Å². The summed E-state index contributed by atoms with van der Waals surface area (Å²) in [5, 5.41) is 2.59. The summed E-state index contributed by atoms with van der Waals surface area (Å²) in [5.41, 5.74) is 6.24. The highest BCUT2D eigenvalue weighted by atomic mass is 127. The molecule has 5 heteroatoms. The van der Waals surface area contributed by atoms with Crippen LogP contribution in [-0.4, -0.2) is 10.5 Å². The molecule has 0 saturated carbocycles. The molecule has 3 nitrogen and oxygen atoms in total. The van der Waals surface area contributed by atoms with Gasteiger partial charge in [-0.25, -0.2) is 4.39 Å². The summed E-state index contributed by atoms with van der Waals surface area (Å²) in [6.07, 6.45) is 0. The second-order valence-electron chi connectivity index (χ2n) is 2.70. The van der Waals surface area contributed by atoms with Gasteiger partial charge in [0, 0.05) is 0 Å². The molecular formula is C9H10FIN2O. The zero-order valence-corrected chi connectivity index (χ0v) is 9.49. The molecule has 76 valence electrons. The maximum absolute atomic E-state index is 12.6. The number of amides is 1. The summed E-state index contributed by atoms with van der Waals surface area (Å²) in [5.74, 6) is -0.596. The second-order valence-corrected chi connectivity index (χ2v) is 3.47. The van der Waals surface area contributed by atoms with Crippen molar-refractivity contribution in [2.24, 2.45) is 5.73 Å². The molecule has 0 aromatic heterocycles. The lowest BCUT2D eigenvalue weighted by atomic mass is 10.1. The van der Waals surface area contributed by atoms with Crippen molar-refractivity contribution >= 4 is 28.5 Å². The summed E-state index contributed by atoms with van der Waals surface area (Å²) < 4.78 is 13.1. The number of rotatable bonds is 3. The minimum atomic E-state index is -0.731. The Hall–Kier alpha value is -0.690. The number of hydrogen-bond donors (Lipinski definition) is 2. The van der Waals surface area contributed by atoms with Crippen molar-refractivity contribution in [3.05, 3.63) is 35.6 Å². The van der Waals surface area contributed by atoms with E-state index in [9.17, 15) is 9.18 Å². The van der Waals surface area contributed by atoms with Gasteiger partial charge >= 0.3 is 0 Å². The van der Waals surface area contributed by atoms with Gasteiger partial charge in [-0.2, -0.15) is 0 Å². The predicted molar refractivity (Wildman–Crippen MR) is 60.4 cm³/mol. The summed E-state index contributed by atoms with van der Waals surface area (Å²) in [6, 6.07) is 4.85. The lowest BCUT2D eigenvalue weighted by molar-refractivity contribution is -0.122. The SMILES string of the molecule is N[C@@H](C(=O)NCI)c1ccc(F)cc1. The molecular weight excluding hydrogens is 298 g/mol. The van der Waals surface area contributed by atoms with Gasteiger partial charge in [0.1, 0.15) is 11.9 Å². The van der Waals surface area contributed by atoms with E-state index in [0.717, 1.165) is 0 Å². The Bertz CT molecular complexity index is 315. The van der Waals surface area contributed by atoms with Crippen LogP contribution in [0.5, 0.6) is 0 Å². The number of alkyl halides is 1. The maximum Gasteiger partial charge on any atom is 0.242 e.